The molecule has 0 rings (SSSR count). The number of halogens is 2. The normalized spacial score (nSPS) is 8.43. The van der Waals surface area contributed by atoms with E-state index in [4.69, 9.17) is 11.8 Å². The quantitative estimate of drug-likeness (QED) is 0.305. The summed E-state index contributed by atoms with van der Waals surface area (Å²) in [6.45, 7) is 0. The fourth-order valence-corrected chi connectivity index (χ4v) is 0.246. The van der Waals surface area contributed by atoms with Gasteiger partial charge < -0.3 is 0 Å². The van der Waals surface area contributed by atoms with Crippen LogP contribution in [0.3, 0.4) is 0 Å². The molecule has 0 aliphatic carbocycles. The fourth-order valence-electron chi connectivity index (χ4n) is 0.159. The lowest BCUT2D eigenvalue weighted by Gasteiger charge is -1.93. The van der Waals surface area contributed by atoms with E-state index in [9.17, 15) is 0 Å². The zero-order valence-electron chi connectivity index (χ0n) is 4.26. The molecule has 7 heavy (non-hydrogen) atoms. The van der Waals surface area contributed by atoms with Crippen molar-refractivity contribution in [2.24, 2.45) is 4.99 Å². The van der Waals surface area contributed by atoms with E-state index in [1.807, 2.05) is 0 Å². The molecule has 0 bridgehead atoms. The van der Waals surface area contributed by atoms with Crippen LogP contribution >= 0.6 is 24.2 Å². The molecule has 0 fully saturated rings. The summed E-state index contributed by atoms with van der Waals surface area (Å²) in [6, 6.07) is 0. The molecule has 0 amide bonds. The molecule has 0 atom stereocenters. The Hall–Kier alpha value is 0.0500. The number of hydrogen-bond donors (Lipinski definition) is 0. The van der Waals surface area contributed by atoms with Crippen molar-refractivity contribution in [2.75, 3.05) is 14.1 Å². The van der Waals surface area contributed by atoms with Gasteiger partial charge in [-0.15, -0.1) is 12.4 Å². The van der Waals surface area contributed by atoms with Gasteiger partial charge in [0.25, 0.3) is 0 Å². The molecule has 0 aromatic rings. The van der Waals surface area contributed by atoms with Crippen LogP contribution in [0, 0.1) is 0 Å². The largest absolute Gasteiger partial charge is 0.279 e. The first kappa shape index (κ1) is 10.1. The van der Waals surface area contributed by atoms with E-state index in [1.54, 1.807) is 14.1 Å². The van der Waals surface area contributed by atoms with Gasteiger partial charge in [0, 0.05) is 25.9 Å². The Morgan fingerprint density at radius 3 is 2.14 bits per heavy atom. The molecule has 0 aliphatic rings. The maximum Gasteiger partial charge on any atom is 0.0989 e. The highest BCUT2D eigenvalue weighted by atomic mass is 35.5. The lowest BCUT2D eigenvalue weighted by molar-refractivity contribution is 0.845. The summed E-state index contributed by atoms with van der Waals surface area (Å²) in [6.07, 6.45) is 1.52. The third-order valence-corrected chi connectivity index (χ3v) is 0.362. The minimum absolute atomic E-state index is 0. The van der Waals surface area contributed by atoms with E-state index in [0.29, 0.717) is 0 Å². The number of nitrogens with zero attached hydrogens (tertiary/aromatic N) is 2. The smallest absolute Gasteiger partial charge is 0.0989 e. The Morgan fingerprint density at radius 1 is 1.71 bits per heavy atom. The lowest BCUT2D eigenvalue weighted by Crippen LogP contribution is -1.98. The predicted octanol–water partition coefficient (Wildman–Crippen LogP) is 1.15. The van der Waals surface area contributed by atoms with Gasteiger partial charge in [0.15, 0.2) is 0 Å². The van der Waals surface area contributed by atoms with Crippen LogP contribution in [-0.4, -0.2) is 24.9 Å². The van der Waals surface area contributed by atoms with Gasteiger partial charge in [-0.25, -0.2) is 0 Å². The van der Waals surface area contributed by atoms with E-state index < -0.39 is 0 Å². The monoisotopic (exact) mass is 142 g/mol. The highest BCUT2D eigenvalue weighted by Gasteiger charge is 1.71. The van der Waals surface area contributed by atoms with Crippen molar-refractivity contribution in [3.05, 3.63) is 0 Å². The van der Waals surface area contributed by atoms with E-state index >= 15 is 0 Å². The second-order valence-corrected chi connectivity index (χ2v) is 1.43. The van der Waals surface area contributed by atoms with Crippen molar-refractivity contribution in [3.8, 4) is 0 Å². The SMILES string of the molecule is CN=CN(C)Cl.Cl. The van der Waals surface area contributed by atoms with Crippen molar-refractivity contribution >= 4 is 30.5 Å². The molecule has 0 aromatic heterocycles. The van der Waals surface area contributed by atoms with Crippen LogP contribution in [0.2, 0.25) is 0 Å². The van der Waals surface area contributed by atoms with Crippen molar-refractivity contribution < 1.29 is 0 Å². The van der Waals surface area contributed by atoms with Crippen LogP contribution in [0.25, 0.3) is 0 Å². The number of hydrogen-bond acceptors (Lipinski definition) is 1. The van der Waals surface area contributed by atoms with E-state index in [2.05, 4.69) is 4.99 Å². The van der Waals surface area contributed by atoms with Crippen LogP contribution < -0.4 is 0 Å². The Labute approximate surface area is 54.7 Å². The second kappa shape index (κ2) is 6.05. The van der Waals surface area contributed by atoms with Gasteiger partial charge in [-0.3, -0.25) is 9.41 Å². The van der Waals surface area contributed by atoms with E-state index in [1.165, 1.54) is 10.8 Å². The van der Waals surface area contributed by atoms with E-state index in [-0.39, 0.29) is 12.4 Å². The molecule has 0 aromatic carbocycles. The number of rotatable bonds is 1. The predicted molar refractivity (Wildman–Crippen MR) is 35.3 cm³/mol. The summed E-state index contributed by atoms with van der Waals surface area (Å²) in [7, 11) is 3.37. The minimum Gasteiger partial charge on any atom is -0.279 e. The minimum atomic E-state index is 0. The van der Waals surface area contributed by atoms with Crippen molar-refractivity contribution in [3.63, 3.8) is 0 Å². The first-order chi connectivity index (χ1) is 2.77. The molecule has 2 nitrogen and oxygen atoms in total. The van der Waals surface area contributed by atoms with Crippen LogP contribution in [0.1, 0.15) is 0 Å². The highest BCUT2D eigenvalue weighted by molar-refractivity contribution is 6.18. The van der Waals surface area contributed by atoms with Gasteiger partial charge in [0.1, 0.15) is 0 Å². The average Bonchev–Trinajstić information content (AvgIpc) is 1.35. The van der Waals surface area contributed by atoms with Gasteiger partial charge in [-0.2, -0.15) is 0 Å². The van der Waals surface area contributed by atoms with Crippen LogP contribution in [-0.2, 0) is 0 Å². The lowest BCUT2D eigenvalue weighted by atomic mass is 11.1. The first-order valence-electron chi connectivity index (χ1n) is 1.58. The van der Waals surface area contributed by atoms with Crippen molar-refractivity contribution in [2.45, 2.75) is 0 Å². The molecule has 0 spiro atoms. The highest BCUT2D eigenvalue weighted by Crippen LogP contribution is 1.76. The summed E-state index contributed by atoms with van der Waals surface area (Å²) >= 11 is 5.26. The molecule has 0 N–H and O–H groups in total. The maximum atomic E-state index is 5.26. The maximum absolute atomic E-state index is 5.26. The molecular formula is C3H8Cl2N2. The number of aliphatic imine (C=N–C) groups is 1. The van der Waals surface area contributed by atoms with Crippen molar-refractivity contribution in [1.82, 2.24) is 4.42 Å². The Bertz CT molecular complexity index is 52.9. The molecule has 44 valence electrons. The Kier molecular flexibility index (Phi) is 8.75. The molecule has 0 saturated carbocycles. The Balaban J connectivity index is 0. The average molecular weight is 143 g/mol. The Morgan fingerprint density at radius 2 is 2.14 bits per heavy atom. The fraction of sp³-hybridized carbons (Fsp3) is 0.667. The topological polar surface area (TPSA) is 15.6 Å². The molecule has 0 aliphatic heterocycles. The second-order valence-electron chi connectivity index (χ2n) is 0.898. The molecule has 0 radical (unpaired) electrons. The summed E-state index contributed by atoms with van der Waals surface area (Å²) in [5.41, 5.74) is 0. The van der Waals surface area contributed by atoms with Gasteiger partial charge in [-0.1, -0.05) is 0 Å². The van der Waals surface area contributed by atoms with Gasteiger partial charge in [-0.05, 0) is 0 Å². The van der Waals surface area contributed by atoms with Crippen LogP contribution in [0.5, 0.6) is 0 Å². The van der Waals surface area contributed by atoms with Crippen molar-refractivity contribution in [1.29, 1.82) is 0 Å². The van der Waals surface area contributed by atoms with Gasteiger partial charge in [0.2, 0.25) is 0 Å². The standard InChI is InChI=1S/C3H7ClN2.ClH/c1-5-3-6(2)4;/h3H,1-2H3;1H. The molecule has 0 unspecified atom stereocenters. The summed E-state index contributed by atoms with van der Waals surface area (Å²) in [5.74, 6) is 0. The molecule has 4 heteroatoms. The molecule has 0 heterocycles. The summed E-state index contributed by atoms with van der Waals surface area (Å²) < 4.78 is 1.36. The van der Waals surface area contributed by atoms with Gasteiger partial charge in [0.05, 0.1) is 6.34 Å². The van der Waals surface area contributed by atoms with Crippen LogP contribution in [0.4, 0.5) is 0 Å². The third kappa shape index (κ3) is 10.7. The summed E-state index contributed by atoms with van der Waals surface area (Å²) in [5, 5.41) is 0. The zero-order valence-corrected chi connectivity index (χ0v) is 5.83. The van der Waals surface area contributed by atoms with Crippen LogP contribution in [0.15, 0.2) is 4.99 Å². The zero-order chi connectivity index (χ0) is 4.99. The van der Waals surface area contributed by atoms with E-state index in [0.717, 1.165) is 0 Å². The van der Waals surface area contributed by atoms with Gasteiger partial charge >= 0.3 is 0 Å². The molecular weight excluding hydrogens is 135 g/mol. The third-order valence-electron chi connectivity index (χ3n) is 0.275. The molecule has 0 saturated heterocycles. The summed E-state index contributed by atoms with van der Waals surface area (Å²) in [4.78, 5) is 3.60. The first-order valence-corrected chi connectivity index (χ1v) is 1.92.